The van der Waals surface area contributed by atoms with E-state index in [1.54, 1.807) is 20.1 Å². The second kappa shape index (κ2) is 13.4. The van der Waals surface area contributed by atoms with Crippen LogP contribution in [-0.2, 0) is 31.9 Å². The van der Waals surface area contributed by atoms with E-state index in [-0.39, 0.29) is 12.4 Å². The molecule has 0 radical (unpaired) electrons. The van der Waals surface area contributed by atoms with Gasteiger partial charge in [-0.05, 0) is 61.1 Å². The molecule has 0 saturated heterocycles. The highest BCUT2D eigenvalue weighted by atomic mass is 19.1. The first kappa shape index (κ1) is 25.3. The van der Waals surface area contributed by atoms with Crippen LogP contribution < -0.4 is 4.74 Å². The molecule has 0 aliphatic carbocycles. The van der Waals surface area contributed by atoms with E-state index in [2.05, 4.69) is 6.58 Å². The number of aryl methyl sites for hydroxylation is 2. The predicted molar refractivity (Wildman–Crippen MR) is 122 cm³/mol. The van der Waals surface area contributed by atoms with Crippen molar-refractivity contribution in [1.82, 2.24) is 0 Å². The summed E-state index contributed by atoms with van der Waals surface area (Å²) in [6, 6.07) is 10.6. The summed E-state index contributed by atoms with van der Waals surface area (Å²) in [6.07, 6.45) is 3.68. The maximum Gasteiger partial charge on any atom is 0.333 e. The Morgan fingerprint density at radius 1 is 1.06 bits per heavy atom. The number of methoxy groups -OCH3 is 1. The van der Waals surface area contributed by atoms with Gasteiger partial charge in [0.15, 0.2) is 0 Å². The molecule has 172 valence electrons. The third kappa shape index (κ3) is 7.93. The van der Waals surface area contributed by atoms with Crippen LogP contribution >= 0.6 is 0 Å². The molecule has 2 rings (SSSR count). The van der Waals surface area contributed by atoms with Crippen LogP contribution in [0, 0.1) is 5.82 Å². The van der Waals surface area contributed by atoms with Crippen molar-refractivity contribution >= 4 is 12.3 Å². The van der Waals surface area contributed by atoms with Gasteiger partial charge in [-0.1, -0.05) is 24.8 Å². The van der Waals surface area contributed by atoms with Crippen LogP contribution in [0.15, 0.2) is 48.6 Å². The van der Waals surface area contributed by atoms with Gasteiger partial charge in [-0.25, -0.2) is 9.18 Å². The minimum Gasteiger partial charge on any atom is -0.493 e. The quantitative estimate of drug-likeness (QED) is 0.176. The minimum atomic E-state index is -0.411. The molecule has 2 aromatic rings. The van der Waals surface area contributed by atoms with Crippen molar-refractivity contribution in [3.05, 3.63) is 65.5 Å². The van der Waals surface area contributed by atoms with E-state index in [1.165, 1.54) is 6.07 Å². The van der Waals surface area contributed by atoms with Crippen molar-refractivity contribution < 1.29 is 28.2 Å². The molecule has 0 aliphatic heterocycles. The van der Waals surface area contributed by atoms with Crippen LogP contribution in [0.4, 0.5) is 4.39 Å². The Kier molecular flexibility index (Phi) is 10.6. The van der Waals surface area contributed by atoms with Gasteiger partial charge in [0.05, 0.1) is 13.2 Å². The molecule has 0 N–H and O–H groups in total. The summed E-state index contributed by atoms with van der Waals surface area (Å²) < 4.78 is 30.9. The summed E-state index contributed by atoms with van der Waals surface area (Å²) in [5, 5.41) is 0. The van der Waals surface area contributed by atoms with E-state index in [9.17, 15) is 14.0 Å². The van der Waals surface area contributed by atoms with Gasteiger partial charge in [0.1, 0.15) is 17.9 Å². The topological polar surface area (TPSA) is 61.8 Å². The number of halogens is 1. The van der Waals surface area contributed by atoms with Crippen molar-refractivity contribution in [3.63, 3.8) is 0 Å². The Morgan fingerprint density at radius 2 is 1.88 bits per heavy atom. The van der Waals surface area contributed by atoms with Crippen molar-refractivity contribution in [2.24, 2.45) is 0 Å². The SMILES string of the molecule is C=C(C)C(=O)OCCCc1cc(-c2ccc(CCC=O)cc2F)ccc1OCCCOC. The van der Waals surface area contributed by atoms with Crippen LogP contribution in [0.3, 0.4) is 0 Å². The fourth-order valence-electron chi connectivity index (χ4n) is 3.19. The molecule has 0 spiro atoms. The summed E-state index contributed by atoms with van der Waals surface area (Å²) in [6.45, 7) is 6.55. The molecule has 0 fully saturated rings. The molecule has 2 aromatic carbocycles. The number of esters is 1. The van der Waals surface area contributed by atoms with E-state index in [0.717, 1.165) is 35.1 Å². The second-order valence-electron chi connectivity index (χ2n) is 7.56. The lowest BCUT2D eigenvalue weighted by Gasteiger charge is -2.14. The normalized spacial score (nSPS) is 10.6. The Labute approximate surface area is 189 Å². The minimum absolute atomic E-state index is 0.263. The summed E-state index contributed by atoms with van der Waals surface area (Å²) in [7, 11) is 1.64. The lowest BCUT2D eigenvalue weighted by atomic mass is 9.98. The molecule has 5 nitrogen and oxygen atoms in total. The molecule has 0 aromatic heterocycles. The zero-order valence-electron chi connectivity index (χ0n) is 18.8. The molecular weight excluding hydrogens is 411 g/mol. The molecule has 0 unspecified atom stereocenters. The molecular formula is C26H31FO5. The maximum atomic E-state index is 14.8. The van der Waals surface area contributed by atoms with Gasteiger partial charge >= 0.3 is 5.97 Å². The van der Waals surface area contributed by atoms with Crippen molar-refractivity contribution in [3.8, 4) is 16.9 Å². The molecule has 0 atom stereocenters. The number of aldehydes is 1. The Morgan fingerprint density at radius 3 is 2.56 bits per heavy atom. The summed E-state index contributed by atoms with van der Waals surface area (Å²) in [5.74, 6) is -0.0193. The Bertz CT molecular complexity index is 922. The number of benzene rings is 2. The molecule has 0 bridgehead atoms. The van der Waals surface area contributed by atoms with Gasteiger partial charge in [-0.2, -0.15) is 0 Å². The zero-order valence-corrected chi connectivity index (χ0v) is 18.8. The summed E-state index contributed by atoms with van der Waals surface area (Å²) in [5.41, 5.74) is 3.29. The summed E-state index contributed by atoms with van der Waals surface area (Å²) in [4.78, 5) is 22.1. The fourth-order valence-corrected chi connectivity index (χ4v) is 3.19. The monoisotopic (exact) mass is 442 g/mol. The molecule has 0 heterocycles. The first-order valence-electron chi connectivity index (χ1n) is 10.8. The second-order valence-corrected chi connectivity index (χ2v) is 7.56. The van der Waals surface area contributed by atoms with Gasteiger partial charge in [0, 0.05) is 37.7 Å². The van der Waals surface area contributed by atoms with Crippen molar-refractivity contribution in [1.29, 1.82) is 0 Å². The number of rotatable bonds is 14. The first-order valence-corrected chi connectivity index (χ1v) is 10.8. The largest absolute Gasteiger partial charge is 0.493 e. The first-order chi connectivity index (χ1) is 15.5. The standard InChI is InChI=1S/C26H31FO5/c1-19(2)26(29)32-15-5-8-22-18-21(10-12-25(22)31-16-6-14-30-3)23-11-9-20(7-4-13-28)17-24(23)27/h9-13,17-18H,1,4-8,14-16H2,2-3H3. The van der Waals surface area contributed by atoms with Crippen LogP contribution in [0.1, 0.15) is 37.3 Å². The zero-order chi connectivity index (χ0) is 23.3. The third-order valence-electron chi connectivity index (χ3n) is 4.88. The van der Waals surface area contributed by atoms with E-state index >= 15 is 0 Å². The van der Waals surface area contributed by atoms with Crippen LogP contribution in [0.25, 0.3) is 11.1 Å². The van der Waals surface area contributed by atoms with Gasteiger partial charge in [0.2, 0.25) is 0 Å². The number of hydrogen-bond donors (Lipinski definition) is 0. The van der Waals surface area contributed by atoms with Gasteiger partial charge < -0.3 is 19.0 Å². The van der Waals surface area contributed by atoms with Gasteiger partial charge in [-0.15, -0.1) is 0 Å². The number of hydrogen-bond acceptors (Lipinski definition) is 5. The third-order valence-corrected chi connectivity index (χ3v) is 4.88. The average molecular weight is 443 g/mol. The average Bonchev–Trinajstić information content (AvgIpc) is 2.78. The smallest absolute Gasteiger partial charge is 0.333 e. The molecule has 32 heavy (non-hydrogen) atoms. The van der Waals surface area contributed by atoms with Crippen molar-refractivity contribution in [2.75, 3.05) is 26.9 Å². The number of carbonyl (C=O) groups is 2. The number of carbonyl (C=O) groups excluding carboxylic acids is 2. The van der Waals surface area contributed by atoms with Crippen LogP contribution in [-0.4, -0.2) is 39.2 Å². The lowest BCUT2D eigenvalue weighted by molar-refractivity contribution is -0.139. The molecule has 6 heteroatoms. The molecule has 0 amide bonds. The van der Waals surface area contributed by atoms with E-state index < -0.39 is 5.97 Å². The molecule has 0 aliphatic rings. The number of ether oxygens (including phenoxy) is 3. The highest BCUT2D eigenvalue weighted by Crippen LogP contribution is 2.30. The lowest BCUT2D eigenvalue weighted by Crippen LogP contribution is -2.08. The predicted octanol–water partition coefficient (Wildman–Crippen LogP) is 5.09. The fraction of sp³-hybridized carbons (Fsp3) is 0.385. The maximum absolute atomic E-state index is 14.8. The Hall–Kier alpha value is -2.99. The van der Waals surface area contributed by atoms with Crippen molar-refractivity contribution in [2.45, 2.75) is 39.0 Å². The highest BCUT2D eigenvalue weighted by Gasteiger charge is 2.12. The highest BCUT2D eigenvalue weighted by molar-refractivity contribution is 5.86. The molecule has 0 saturated carbocycles. The van der Waals surface area contributed by atoms with Gasteiger partial charge in [-0.3, -0.25) is 0 Å². The summed E-state index contributed by atoms with van der Waals surface area (Å²) >= 11 is 0. The van der Waals surface area contributed by atoms with Gasteiger partial charge in [0.25, 0.3) is 0 Å². The van der Waals surface area contributed by atoms with E-state index in [1.807, 2.05) is 24.3 Å². The van der Waals surface area contributed by atoms with Crippen LogP contribution in [0.2, 0.25) is 0 Å². The van der Waals surface area contributed by atoms with E-state index in [0.29, 0.717) is 50.0 Å². The van der Waals surface area contributed by atoms with E-state index in [4.69, 9.17) is 14.2 Å². The Balaban J connectivity index is 2.17. The van der Waals surface area contributed by atoms with Crippen LogP contribution in [0.5, 0.6) is 5.75 Å².